The third kappa shape index (κ3) is 13.3. The SMILES string of the molecule is CC(C)C[C@H](NC(=O)[C@@H](N)[C@@H](C)O)C(=O)N1CCC[C@H]1C(=O)N[C@@H](CO)C(=O)N[C@@H](C)C(=O)N[C@@H](C)C(=O)N[C@@H](CCCCN)C(=O)O. The van der Waals surface area contributed by atoms with E-state index in [0.717, 1.165) is 0 Å². The molecule has 0 radical (unpaired) electrons. The molecule has 0 aromatic carbocycles. The summed E-state index contributed by atoms with van der Waals surface area (Å²) < 4.78 is 0. The van der Waals surface area contributed by atoms with Gasteiger partial charge in [-0.3, -0.25) is 28.8 Å². The Morgan fingerprint density at radius 2 is 1.35 bits per heavy atom. The summed E-state index contributed by atoms with van der Waals surface area (Å²) in [5.74, 6) is -5.70. The van der Waals surface area contributed by atoms with Crippen molar-refractivity contribution in [3.8, 4) is 0 Å². The summed E-state index contributed by atoms with van der Waals surface area (Å²) in [6.07, 6.45) is 0.998. The molecule has 6 amide bonds. The largest absolute Gasteiger partial charge is 0.480 e. The molecule has 274 valence electrons. The van der Waals surface area contributed by atoms with Gasteiger partial charge in [-0.25, -0.2) is 4.79 Å². The Hall–Kier alpha value is -3.87. The van der Waals surface area contributed by atoms with Crippen LogP contribution in [0.2, 0.25) is 0 Å². The molecule has 1 heterocycles. The summed E-state index contributed by atoms with van der Waals surface area (Å²) in [6, 6.07) is -8.35. The van der Waals surface area contributed by atoms with Crippen LogP contribution in [0.15, 0.2) is 0 Å². The lowest BCUT2D eigenvalue weighted by molar-refractivity contribution is -0.143. The first kappa shape index (κ1) is 42.2. The monoisotopic (exact) mass is 686 g/mol. The van der Waals surface area contributed by atoms with Gasteiger partial charge < -0.3 is 58.3 Å². The fourth-order valence-electron chi connectivity index (χ4n) is 4.98. The van der Waals surface area contributed by atoms with Gasteiger partial charge in [0.15, 0.2) is 0 Å². The van der Waals surface area contributed by atoms with Gasteiger partial charge in [-0.2, -0.15) is 0 Å². The van der Waals surface area contributed by atoms with Crippen LogP contribution in [0, 0.1) is 5.92 Å². The molecule has 8 atom stereocenters. The third-order valence-electron chi connectivity index (χ3n) is 7.86. The normalized spacial score (nSPS) is 18.8. The number of nitrogens with zero attached hydrogens (tertiary/aromatic N) is 1. The fraction of sp³-hybridized carbons (Fsp3) is 0.767. The quantitative estimate of drug-likeness (QED) is 0.0556. The van der Waals surface area contributed by atoms with E-state index in [-0.39, 0.29) is 31.7 Å². The number of aliphatic carboxylic acids is 1. The first-order valence-electron chi connectivity index (χ1n) is 16.2. The van der Waals surface area contributed by atoms with Gasteiger partial charge in [-0.15, -0.1) is 0 Å². The summed E-state index contributed by atoms with van der Waals surface area (Å²) in [4.78, 5) is 90.2. The third-order valence-corrected chi connectivity index (χ3v) is 7.86. The number of likely N-dealkylation sites (tertiary alicyclic amines) is 1. The molecule has 18 nitrogen and oxygen atoms in total. The molecule has 12 N–H and O–H groups in total. The van der Waals surface area contributed by atoms with E-state index in [9.17, 15) is 48.9 Å². The van der Waals surface area contributed by atoms with Crippen molar-refractivity contribution < 1.29 is 48.9 Å². The average Bonchev–Trinajstić information content (AvgIpc) is 3.51. The standard InChI is InChI=1S/C30H54N8O10/c1-15(2)13-20(36-28(45)23(32)18(5)40)29(46)38-12-8-10-22(38)27(44)37-21(14-39)26(43)34-16(3)24(41)33-17(4)25(42)35-19(30(47)48)9-6-7-11-31/h15-23,39-40H,6-14,31-32H2,1-5H3,(H,33,41)(H,34,43)(H,35,42)(H,36,45)(H,37,44)(H,47,48)/t16-,17-,18+,19-,20-,21-,22-,23-/m0/s1. The second-order valence-corrected chi connectivity index (χ2v) is 12.5. The maximum Gasteiger partial charge on any atom is 0.326 e. The van der Waals surface area contributed by atoms with Gasteiger partial charge in [-0.1, -0.05) is 13.8 Å². The minimum Gasteiger partial charge on any atom is -0.480 e. The lowest BCUT2D eigenvalue weighted by atomic mass is 10.0. The van der Waals surface area contributed by atoms with E-state index in [1.807, 2.05) is 13.8 Å². The molecule has 1 aliphatic rings. The number of nitrogens with one attached hydrogen (secondary N) is 5. The molecule has 0 aromatic heterocycles. The van der Waals surface area contributed by atoms with Crippen molar-refractivity contribution in [3.05, 3.63) is 0 Å². The van der Waals surface area contributed by atoms with Crippen LogP contribution < -0.4 is 38.1 Å². The zero-order valence-corrected chi connectivity index (χ0v) is 28.4. The van der Waals surface area contributed by atoms with Crippen LogP contribution in [0.1, 0.15) is 73.1 Å². The molecular weight excluding hydrogens is 632 g/mol. The Morgan fingerprint density at radius 3 is 1.88 bits per heavy atom. The minimum absolute atomic E-state index is 0.0240. The van der Waals surface area contributed by atoms with Crippen molar-refractivity contribution in [1.82, 2.24) is 31.5 Å². The van der Waals surface area contributed by atoms with Crippen molar-refractivity contribution in [2.75, 3.05) is 19.7 Å². The molecule has 0 saturated carbocycles. The maximum atomic E-state index is 13.5. The summed E-state index contributed by atoms with van der Waals surface area (Å²) in [7, 11) is 0. The van der Waals surface area contributed by atoms with Gasteiger partial charge in [0, 0.05) is 6.54 Å². The number of hydrogen-bond acceptors (Lipinski definition) is 11. The number of aliphatic hydroxyl groups excluding tert-OH is 2. The maximum absolute atomic E-state index is 13.5. The van der Waals surface area contributed by atoms with Gasteiger partial charge in [0.2, 0.25) is 35.4 Å². The first-order valence-corrected chi connectivity index (χ1v) is 16.2. The number of carboxylic acid groups (broad SMARTS) is 1. The number of aliphatic hydroxyl groups is 2. The van der Waals surface area contributed by atoms with Crippen molar-refractivity contribution in [2.24, 2.45) is 17.4 Å². The summed E-state index contributed by atoms with van der Waals surface area (Å²) in [5.41, 5.74) is 11.1. The van der Waals surface area contributed by atoms with E-state index >= 15 is 0 Å². The van der Waals surface area contributed by atoms with E-state index in [0.29, 0.717) is 25.8 Å². The van der Waals surface area contributed by atoms with E-state index in [1.54, 1.807) is 0 Å². The lowest BCUT2D eigenvalue weighted by Gasteiger charge is -2.31. The zero-order valence-electron chi connectivity index (χ0n) is 28.4. The van der Waals surface area contributed by atoms with Crippen LogP contribution in [0.3, 0.4) is 0 Å². The van der Waals surface area contributed by atoms with E-state index in [2.05, 4.69) is 26.6 Å². The molecule has 0 bridgehead atoms. The van der Waals surface area contributed by atoms with Gasteiger partial charge in [0.05, 0.1) is 12.7 Å². The van der Waals surface area contributed by atoms with E-state index in [1.165, 1.54) is 25.7 Å². The molecule has 1 saturated heterocycles. The summed E-state index contributed by atoms with van der Waals surface area (Å²) >= 11 is 0. The van der Waals surface area contributed by atoms with E-state index in [4.69, 9.17) is 11.5 Å². The highest BCUT2D eigenvalue weighted by Gasteiger charge is 2.39. The molecule has 0 spiro atoms. The van der Waals surface area contributed by atoms with Crippen molar-refractivity contribution in [1.29, 1.82) is 0 Å². The van der Waals surface area contributed by atoms with Crippen LogP contribution >= 0.6 is 0 Å². The molecule has 1 fully saturated rings. The topological polar surface area (TPSA) is 296 Å². The second-order valence-electron chi connectivity index (χ2n) is 12.5. The number of carboxylic acids is 1. The molecule has 1 rings (SSSR count). The Morgan fingerprint density at radius 1 is 0.792 bits per heavy atom. The number of nitrogens with two attached hydrogens (primary N) is 2. The highest BCUT2D eigenvalue weighted by molar-refractivity contribution is 5.97. The molecular formula is C30H54N8O10. The number of hydrogen-bond donors (Lipinski definition) is 10. The van der Waals surface area contributed by atoms with Crippen LogP contribution in [0.4, 0.5) is 0 Å². The van der Waals surface area contributed by atoms with Gasteiger partial charge in [0.1, 0.15) is 42.3 Å². The van der Waals surface area contributed by atoms with Crippen LogP contribution in [-0.2, 0) is 33.6 Å². The average molecular weight is 687 g/mol. The Bertz CT molecular complexity index is 1140. The van der Waals surface area contributed by atoms with Crippen LogP contribution in [0.5, 0.6) is 0 Å². The second kappa shape index (κ2) is 20.5. The Kier molecular flexibility index (Phi) is 18.0. The zero-order chi connectivity index (χ0) is 36.7. The van der Waals surface area contributed by atoms with Crippen molar-refractivity contribution in [2.45, 2.75) is 122 Å². The predicted molar refractivity (Wildman–Crippen MR) is 172 cm³/mol. The van der Waals surface area contributed by atoms with Crippen molar-refractivity contribution >= 4 is 41.4 Å². The summed E-state index contributed by atoms with van der Waals surface area (Å²) in [5, 5.41) is 41.0. The Balaban J connectivity index is 2.84. The molecule has 1 aliphatic heterocycles. The highest BCUT2D eigenvalue weighted by Crippen LogP contribution is 2.21. The molecule has 0 unspecified atom stereocenters. The van der Waals surface area contributed by atoms with E-state index < -0.39 is 96.4 Å². The number of carbonyl (C=O) groups excluding carboxylic acids is 6. The van der Waals surface area contributed by atoms with Crippen molar-refractivity contribution in [3.63, 3.8) is 0 Å². The number of carbonyl (C=O) groups is 7. The molecule has 0 aliphatic carbocycles. The minimum atomic E-state index is -1.49. The first-order chi connectivity index (χ1) is 22.4. The smallest absolute Gasteiger partial charge is 0.326 e. The van der Waals surface area contributed by atoms with Gasteiger partial charge in [-0.05, 0) is 71.8 Å². The van der Waals surface area contributed by atoms with Crippen LogP contribution in [0.25, 0.3) is 0 Å². The predicted octanol–water partition coefficient (Wildman–Crippen LogP) is -3.60. The van der Waals surface area contributed by atoms with Gasteiger partial charge in [0.25, 0.3) is 0 Å². The number of rotatable bonds is 20. The molecule has 0 aromatic rings. The molecule has 18 heteroatoms. The number of amides is 6. The lowest BCUT2D eigenvalue weighted by Crippen LogP contribution is -2.60. The van der Waals surface area contributed by atoms with Crippen LogP contribution in [-0.4, -0.2) is 130 Å². The highest BCUT2D eigenvalue weighted by atomic mass is 16.4. The fourth-order valence-corrected chi connectivity index (χ4v) is 4.98. The van der Waals surface area contributed by atoms with Gasteiger partial charge >= 0.3 is 5.97 Å². The number of unbranched alkanes of at least 4 members (excludes halogenated alkanes) is 1. The Labute approximate surface area is 280 Å². The summed E-state index contributed by atoms with van der Waals surface area (Å²) in [6.45, 7) is 7.41. The molecule has 48 heavy (non-hydrogen) atoms.